The van der Waals surface area contributed by atoms with Crippen LogP contribution in [0.2, 0.25) is 0 Å². The summed E-state index contributed by atoms with van der Waals surface area (Å²) in [5.41, 5.74) is 5.03. The molecule has 1 atom stereocenters. The number of carbonyl (C=O) groups is 1. The fourth-order valence-electron chi connectivity index (χ4n) is 2.89. The summed E-state index contributed by atoms with van der Waals surface area (Å²) in [5, 5.41) is 0. The molecule has 1 aliphatic heterocycles. The highest BCUT2D eigenvalue weighted by Crippen LogP contribution is 2.25. The van der Waals surface area contributed by atoms with E-state index >= 15 is 0 Å². The summed E-state index contributed by atoms with van der Waals surface area (Å²) < 4.78 is 43.3. The number of rotatable bonds is 8. The van der Waals surface area contributed by atoms with Crippen molar-refractivity contribution in [3.63, 3.8) is 0 Å². The van der Waals surface area contributed by atoms with Crippen molar-refractivity contribution in [3.8, 4) is 17.6 Å². The van der Waals surface area contributed by atoms with Crippen LogP contribution in [0.5, 0.6) is 17.6 Å². The van der Waals surface area contributed by atoms with E-state index in [0.717, 1.165) is 0 Å². The van der Waals surface area contributed by atoms with Crippen molar-refractivity contribution in [2.75, 3.05) is 26.8 Å². The van der Waals surface area contributed by atoms with Gasteiger partial charge in [0.2, 0.25) is 15.9 Å². The summed E-state index contributed by atoms with van der Waals surface area (Å²) >= 11 is 0. The van der Waals surface area contributed by atoms with Crippen molar-refractivity contribution in [2.24, 2.45) is 5.73 Å². The Labute approximate surface area is 168 Å². The smallest absolute Gasteiger partial charge is 0.319 e. The maximum absolute atomic E-state index is 13.0. The normalized spacial score (nSPS) is 17.5. The Hall–Kier alpha value is -2.92. The van der Waals surface area contributed by atoms with Crippen molar-refractivity contribution in [2.45, 2.75) is 23.8 Å². The Morgan fingerprint density at radius 1 is 1.28 bits per heavy atom. The van der Waals surface area contributed by atoms with Crippen LogP contribution in [-0.4, -0.2) is 61.5 Å². The summed E-state index contributed by atoms with van der Waals surface area (Å²) in [7, 11) is -2.24. The molecule has 156 valence electrons. The van der Waals surface area contributed by atoms with Gasteiger partial charge in [0.1, 0.15) is 11.9 Å². The first-order valence-corrected chi connectivity index (χ1v) is 10.4. The van der Waals surface area contributed by atoms with Crippen LogP contribution >= 0.6 is 0 Å². The van der Waals surface area contributed by atoms with E-state index in [1.807, 2.05) is 0 Å². The minimum Gasteiger partial charge on any atom is -0.484 e. The number of ether oxygens (including phenoxy) is 3. The zero-order valence-electron chi connectivity index (χ0n) is 15.9. The maximum Gasteiger partial charge on any atom is 0.319 e. The Morgan fingerprint density at radius 2 is 2.03 bits per heavy atom. The van der Waals surface area contributed by atoms with Gasteiger partial charge in [-0.2, -0.15) is 9.29 Å². The topological polar surface area (TPSA) is 134 Å². The third kappa shape index (κ3) is 5.33. The largest absolute Gasteiger partial charge is 0.484 e. The van der Waals surface area contributed by atoms with Crippen molar-refractivity contribution in [1.82, 2.24) is 14.3 Å². The van der Waals surface area contributed by atoms with E-state index in [4.69, 9.17) is 19.9 Å². The van der Waals surface area contributed by atoms with Crippen molar-refractivity contribution >= 4 is 15.9 Å². The van der Waals surface area contributed by atoms with Crippen molar-refractivity contribution in [1.29, 1.82) is 0 Å². The number of methoxy groups -OCH3 is 1. The molecule has 1 amide bonds. The van der Waals surface area contributed by atoms with Gasteiger partial charge in [0.25, 0.3) is 5.91 Å². The van der Waals surface area contributed by atoms with Crippen LogP contribution in [0, 0.1) is 0 Å². The van der Waals surface area contributed by atoms with Crippen LogP contribution in [0.1, 0.15) is 12.8 Å². The molecule has 2 N–H and O–H groups in total. The lowest BCUT2D eigenvalue weighted by atomic mass is 10.1. The van der Waals surface area contributed by atoms with E-state index in [1.54, 1.807) is 6.07 Å². The number of hydrogen-bond donors (Lipinski definition) is 1. The summed E-state index contributed by atoms with van der Waals surface area (Å²) in [4.78, 5) is 18.9. The number of aromatic nitrogens is 2. The second-order valence-corrected chi connectivity index (χ2v) is 8.29. The Balaban J connectivity index is 1.67. The van der Waals surface area contributed by atoms with E-state index in [0.29, 0.717) is 31.0 Å². The fraction of sp³-hybridized carbons (Fsp3) is 0.389. The Morgan fingerprint density at radius 3 is 2.72 bits per heavy atom. The number of carbonyl (C=O) groups excluding carboxylic acids is 1. The molecular formula is C18H22N4O6S. The Bertz CT molecular complexity index is 951. The number of sulfonamides is 1. The number of piperidine rings is 1. The van der Waals surface area contributed by atoms with Crippen LogP contribution in [-0.2, 0) is 14.8 Å². The van der Waals surface area contributed by atoms with E-state index in [2.05, 4.69) is 9.97 Å². The van der Waals surface area contributed by atoms with Gasteiger partial charge in [0.15, 0.2) is 6.61 Å². The number of benzene rings is 1. The number of amides is 1. The van der Waals surface area contributed by atoms with Gasteiger partial charge in [0.05, 0.1) is 18.6 Å². The number of primary amides is 1. The molecule has 0 spiro atoms. The number of nitrogens with zero attached hydrogens (tertiary/aromatic N) is 3. The molecule has 0 aliphatic carbocycles. The quantitative estimate of drug-likeness (QED) is 0.653. The molecule has 0 bridgehead atoms. The highest BCUT2D eigenvalue weighted by Gasteiger charge is 2.31. The first-order chi connectivity index (χ1) is 13.9. The van der Waals surface area contributed by atoms with Gasteiger partial charge in [-0.15, -0.1) is 0 Å². The van der Waals surface area contributed by atoms with Gasteiger partial charge in [-0.05, 0) is 37.1 Å². The van der Waals surface area contributed by atoms with Crippen LogP contribution < -0.4 is 19.9 Å². The van der Waals surface area contributed by atoms with Gasteiger partial charge in [-0.25, -0.2) is 13.4 Å². The first-order valence-electron chi connectivity index (χ1n) is 8.93. The SMILES string of the molecule is COc1nccc(OC2CCCN(S(=O)(=O)c3ccc(OCC(N)=O)cc3)C2)n1. The molecule has 2 heterocycles. The molecule has 2 aromatic rings. The predicted molar refractivity (Wildman–Crippen MR) is 102 cm³/mol. The minimum atomic E-state index is -3.70. The van der Waals surface area contributed by atoms with Crippen molar-refractivity contribution in [3.05, 3.63) is 36.5 Å². The molecular weight excluding hydrogens is 400 g/mol. The third-order valence-corrected chi connectivity index (χ3v) is 6.14. The number of nitrogens with two attached hydrogens (primary N) is 1. The van der Waals surface area contributed by atoms with Crippen molar-refractivity contribution < 1.29 is 27.4 Å². The van der Waals surface area contributed by atoms with Gasteiger partial charge in [0, 0.05) is 18.8 Å². The number of hydrogen-bond acceptors (Lipinski definition) is 8. The second kappa shape index (κ2) is 9.05. The van der Waals surface area contributed by atoms with Crippen LogP contribution in [0.15, 0.2) is 41.4 Å². The zero-order valence-corrected chi connectivity index (χ0v) is 16.7. The minimum absolute atomic E-state index is 0.133. The summed E-state index contributed by atoms with van der Waals surface area (Å²) in [5.74, 6) is 0.0831. The van der Waals surface area contributed by atoms with Gasteiger partial charge < -0.3 is 19.9 Å². The average Bonchev–Trinajstić information content (AvgIpc) is 2.73. The lowest BCUT2D eigenvalue weighted by Gasteiger charge is -2.31. The van der Waals surface area contributed by atoms with E-state index in [1.165, 1.54) is 41.9 Å². The highest BCUT2D eigenvalue weighted by molar-refractivity contribution is 7.89. The molecule has 11 heteroatoms. The summed E-state index contributed by atoms with van der Waals surface area (Å²) in [6.45, 7) is 0.328. The molecule has 1 fully saturated rings. The highest BCUT2D eigenvalue weighted by atomic mass is 32.2. The molecule has 10 nitrogen and oxygen atoms in total. The molecule has 1 aromatic carbocycles. The van der Waals surface area contributed by atoms with Crippen LogP contribution in [0.3, 0.4) is 0 Å². The summed E-state index contributed by atoms with van der Waals surface area (Å²) in [6.07, 6.45) is 2.54. The molecule has 1 aliphatic rings. The summed E-state index contributed by atoms with van der Waals surface area (Å²) in [6, 6.07) is 7.63. The zero-order chi connectivity index (χ0) is 20.9. The lowest BCUT2D eigenvalue weighted by molar-refractivity contribution is -0.119. The lowest BCUT2D eigenvalue weighted by Crippen LogP contribution is -2.44. The molecule has 0 radical (unpaired) electrons. The molecule has 1 unspecified atom stereocenters. The molecule has 1 saturated heterocycles. The molecule has 0 saturated carbocycles. The first kappa shape index (κ1) is 20.8. The van der Waals surface area contributed by atoms with E-state index in [9.17, 15) is 13.2 Å². The Kier molecular flexibility index (Phi) is 6.49. The standard InChI is InChI=1S/C18H22N4O6S/c1-26-18-20-9-8-17(21-18)28-14-3-2-10-22(11-14)29(24,25)15-6-4-13(5-7-15)27-12-16(19)23/h4-9,14H,2-3,10-12H2,1H3,(H2,19,23). The van der Waals surface area contributed by atoms with Gasteiger partial charge >= 0.3 is 6.01 Å². The van der Waals surface area contributed by atoms with E-state index < -0.39 is 15.9 Å². The fourth-order valence-corrected chi connectivity index (χ4v) is 4.40. The maximum atomic E-state index is 13.0. The van der Waals surface area contributed by atoms with Gasteiger partial charge in [-0.3, -0.25) is 4.79 Å². The monoisotopic (exact) mass is 422 g/mol. The third-order valence-electron chi connectivity index (χ3n) is 4.26. The van der Waals surface area contributed by atoms with E-state index in [-0.39, 0.29) is 30.2 Å². The molecule has 1 aromatic heterocycles. The van der Waals surface area contributed by atoms with Gasteiger partial charge in [-0.1, -0.05) is 0 Å². The molecule has 29 heavy (non-hydrogen) atoms. The van der Waals surface area contributed by atoms with Crippen LogP contribution in [0.4, 0.5) is 0 Å². The molecule has 3 rings (SSSR count). The van der Waals surface area contributed by atoms with Crippen LogP contribution in [0.25, 0.3) is 0 Å². The second-order valence-electron chi connectivity index (χ2n) is 6.35. The average molecular weight is 422 g/mol. The predicted octanol–water partition coefficient (Wildman–Crippen LogP) is 0.581.